The van der Waals surface area contributed by atoms with Crippen molar-refractivity contribution < 1.29 is 9.59 Å². The maximum Gasteiger partial charge on any atom is 0.155 e. The van der Waals surface area contributed by atoms with Gasteiger partial charge in [-0.3, -0.25) is 9.59 Å². The molecule has 7 atom stereocenters. The Bertz CT molecular complexity index is 534. The van der Waals surface area contributed by atoms with E-state index >= 15 is 0 Å². The van der Waals surface area contributed by atoms with Crippen molar-refractivity contribution >= 4 is 11.6 Å². The average Bonchev–Trinajstić information content (AvgIpc) is 2.80. The zero-order chi connectivity index (χ0) is 15.5. The molecule has 0 saturated heterocycles. The van der Waals surface area contributed by atoms with Gasteiger partial charge >= 0.3 is 0 Å². The molecule has 0 aromatic rings. The second kappa shape index (κ2) is 5.04. The molecule has 0 heterocycles. The molecule has 1 unspecified atom stereocenters. The lowest BCUT2D eigenvalue weighted by Crippen LogP contribution is -2.47. The first-order valence-electron chi connectivity index (χ1n) is 9.20. The molecule has 0 amide bonds. The number of carbonyl (C=O) groups excluding carboxylic acids is 2. The van der Waals surface area contributed by atoms with E-state index in [9.17, 15) is 9.59 Å². The molecule has 4 rings (SSSR count). The van der Waals surface area contributed by atoms with Gasteiger partial charge in [0.15, 0.2) is 5.78 Å². The van der Waals surface area contributed by atoms with Gasteiger partial charge in [-0.15, -0.1) is 0 Å². The molecule has 4 aliphatic rings. The van der Waals surface area contributed by atoms with Crippen LogP contribution in [0.3, 0.4) is 0 Å². The summed E-state index contributed by atoms with van der Waals surface area (Å²) in [7, 11) is 0. The van der Waals surface area contributed by atoms with E-state index in [-0.39, 0.29) is 5.41 Å². The van der Waals surface area contributed by atoms with Crippen LogP contribution < -0.4 is 0 Å². The van der Waals surface area contributed by atoms with Crippen LogP contribution >= 0.6 is 0 Å². The largest absolute Gasteiger partial charge is 0.300 e. The van der Waals surface area contributed by atoms with Gasteiger partial charge in [0.05, 0.1) is 0 Å². The van der Waals surface area contributed by atoms with Gasteiger partial charge < -0.3 is 0 Å². The van der Waals surface area contributed by atoms with Crippen molar-refractivity contribution in [3.05, 3.63) is 12.2 Å². The fourth-order valence-electron chi connectivity index (χ4n) is 6.75. The van der Waals surface area contributed by atoms with Gasteiger partial charge in [0.2, 0.25) is 0 Å². The van der Waals surface area contributed by atoms with Crippen LogP contribution in [-0.4, -0.2) is 11.6 Å². The van der Waals surface area contributed by atoms with E-state index in [1.807, 2.05) is 6.08 Å². The Hall–Kier alpha value is -0.920. The third-order valence-corrected chi connectivity index (χ3v) is 7.80. The Morgan fingerprint density at radius 2 is 1.95 bits per heavy atom. The molecule has 3 fully saturated rings. The van der Waals surface area contributed by atoms with E-state index in [4.69, 9.17) is 0 Å². The summed E-state index contributed by atoms with van der Waals surface area (Å²) in [6.45, 7) is 4.20. The smallest absolute Gasteiger partial charge is 0.155 e. The summed E-state index contributed by atoms with van der Waals surface area (Å²) in [5.41, 5.74) is 0.258. The van der Waals surface area contributed by atoms with Crippen molar-refractivity contribution in [2.75, 3.05) is 0 Å². The van der Waals surface area contributed by atoms with Crippen LogP contribution in [0.2, 0.25) is 0 Å². The van der Waals surface area contributed by atoms with Crippen molar-refractivity contribution in [2.45, 2.75) is 58.8 Å². The van der Waals surface area contributed by atoms with E-state index < -0.39 is 0 Å². The third kappa shape index (κ3) is 2.06. The topological polar surface area (TPSA) is 34.1 Å². The molecule has 120 valence electrons. The molecular weight excluding hydrogens is 272 g/mol. The Kier molecular flexibility index (Phi) is 3.36. The van der Waals surface area contributed by atoms with Crippen molar-refractivity contribution in [3.63, 3.8) is 0 Å². The highest BCUT2D eigenvalue weighted by Crippen LogP contribution is 2.62. The molecule has 0 bridgehead atoms. The predicted molar refractivity (Wildman–Crippen MR) is 86.2 cm³/mol. The minimum absolute atomic E-state index is 0.258. The molecule has 0 aromatic heterocycles. The molecule has 0 N–H and O–H groups in total. The minimum Gasteiger partial charge on any atom is -0.300 e. The Balaban J connectivity index is 1.60. The second-order valence-corrected chi connectivity index (χ2v) is 8.75. The van der Waals surface area contributed by atoms with Gasteiger partial charge in [0, 0.05) is 12.3 Å². The molecular formula is C20H28O2. The van der Waals surface area contributed by atoms with Crippen molar-refractivity contribution in [3.8, 4) is 0 Å². The summed E-state index contributed by atoms with van der Waals surface area (Å²) >= 11 is 0. The number of rotatable bonds is 1. The second-order valence-electron chi connectivity index (χ2n) is 8.75. The van der Waals surface area contributed by atoms with Gasteiger partial charge in [0.1, 0.15) is 5.78 Å². The number of hydrogen-bond donors (Lipinski definition) is 0. The zero-order valence-electron chi connectivity index (χ0n) is 13.9. The lowest BCUT2D eigenvalue weighted by molar-refractivity contribution is -0.127. The van der Waals surface area contributed by atoms with Crippen LogP contribution in [-0.2, 0) is 9.59 Å². The molecule has 0 aromatic carbocycles. The van der Waals surface area contributed by atoms with E-state index in [0.29, 0.717) is 29.3 Å². The van der Waals surface area contributed by atoms with Crippen LogP contribution in [0.5, 0.6) is 0 Å². The summed E-state index contributed by atoms with van der Waals surface area (Å²) in [5, 5.41) is 0. The van der Waals surface area contributed by atoms with Gasteiger partial charge in [0.25, 0.3) is 0 Å². The van der Waals surface area contributed by atoms with Crippen LogP contribution in [0.15, 0.2) is 12.2 Å². The Morgan fingerprint density at radius 3 is 2.73 bits per heavy atom. The standard InChI is InChI=1S/C20H28O2/c1-12(21)19-8-5-15-10-18-14(11-20(15,19)2)4-3-13-9-16(22)6-7-17(13)18/h6-7,13-15,17-19H,3-5,8-11H2,1-2H3/t13?,14-,15-,17+,18+,19+,20-/m0/s1. The maximum atomic E-state index is 12.1. The first-order valence-corrected chi connectivity index (χ1v) is 9.20. The van der Waals surface area contributed by atoms with Crippen LogP contribution in [0.25, 0.3) is 0 Å². The first kappa shape index (κ1) is 14.7. The summed E-state index contributed by atoms with van der Waals surface area (Å²) < 4.78 is 0. The summed E-state index contributed by atoms with van der Waals surface area (Å²) in [6, 6.07) is 0. The van der Waals surface area contributed by atoms with E-state index in [1.54, 1.807) is 6.92 Å². The van der Waals surface area contributed by atoms with E-state index in [1.165, 1.54) is 32.1 Å². The SMILES string of the molecule is CC(=O)[C@H]1CC[C@H]2C[C@@H]3[C@@H](CCC4CC(=O)C=C[C@H]43)C[C@@]21C. The van der Waals surface area contributed by atoms with Gasteiger partial charge in [-0.05, 0) is 86.5 Å². The highest BCUT2D eigenvalue weighted by molar-refractivity contribution is 5.90. The average molecular weight is 300 g/mol. The van der Waals surface area contributed by atoms with Gasteiger partial charge in [-0.2, -0.15) is 0 Å². The van der Waals surface area contributed by atoms with Crippen LogP contribution in [0.1, 0.15) is 58.8 Å². The molecule has 3 saturated carbocycles. The summed E-state index contributed by atoms with van der Waals surface area (Å²) in [4.78, 5) is 23.8. The zero-order valence-corrected chi connectivity index (χ0v) is 13.9. The van der Waals surface area contributed by atoms with E-state index in [2.05, 4.69) is 13.0 Å². The Labute approximate surface area is 133 Å². The number of ketones is 2. The monoisotopic (exact) mass is 300 g/mol. The number of allylic oxidation sites excluding steroid dienone is 2. The maximum absolute atomic E-state index is 12.1. The lowest BCUT2D eigenvalue weighted by Gasteiger charge is -2.53. The van der Waals surface area contributed by atoms with Crippen molar-refractivity contribution in [2.24, 2.45) is 40.9 Å². The van der Waals surface area contributed by atoms with Gasteiger partial charge in [-0.25, -0.2) is 0 Å². The van der Waals surface area contributed by atoms with Crippen LogP contribution in [0.4, 0.5) is 0 Å². The highest BCUT2D eigenvalue weighted by Gasteiger charge is 2.56. The first-order chi connectivity index (χ1) is 10.5. The third-order valence-electron chi connectivity index (χ3n) is 7.80. The summed E-state index contributed by atoms with van der Waals surface area (Å²) in [5.74, 6) is 4.57. The fraction of sp³-hybridized carbons (Fsp3) is 0.800. The molecule has 2 nitrogen and oxygen atoms in total. The number of hydrogen-bond acceptors (Lipinski definition) is 2. The summed E-state index contributed by atoms with van der Waals surface area (Å²) in [6.07, 6.45) is 12.3. The highest BCUT2D eigenvalue weighted by atomic mass is 16.1. The number of fused-ring (bicyclic) bond motifs is 4. The molecule has 0 aliphatic heterocycles. The van der Waals surface area contributed by atoms with Crippen molar-refractivity contribution in [1.29, 1.82) is 0 Å². The molecule has 2 heteroatoms. The van der Waals surface area contributed by atoms with Gasteiger partial charge in [-0.1, -0.05) is 13.0 Å². The van der Waals surface area contributed by atoms with Crippen molar-refractivity contribution in [1.82, 2.24) is 0 Å². The molecule has 0 spiro atoms. The lowest BCUT2D eigenvalue weighted by atomic mass is 9.51. The normalized spacial score (nSPS) is 50.2. The van der Waals surface area contributed by atoms with Crippen LogP contribution in [0, 0.1) is 40.9 Å². The number of Topliss-reactive ketones (excluding diaryl/α,β-unsaturated/α-hetero) is 1. The predicted octanol–water partition coefficient (Wildman–Crippen LogP) is 4.19. The quantitative estimate of drug-likeness (QED) is 0.727. The fourth-order valence-corrected chi connectivity index (χ4v) is 6.75. The molecule has 4 aliphatic carbocycles. The van der Waals surface area contributed by atoms with E-state index in [0.717, 1.165) is 30.6 Å². The number of carbonyl (C=O) groups is 2. The minimum atomic E-state index is 0.258. The Morgan fingerprint density at radius 1 is 1.18 bits per heavy atom. The molecule has 22 heavy (non-hydrogen) atoms. The molecule has 0 radical (unpaired) electrons.